The molecular formula is C14H18N2O. The van der Waals surface area contributed by atoms with Crippen molar-refractivity contribution in [2.75, 3.05) is 0 Å². The molecule has 90 valence electrons. The molecule has 0 aliphatic rings. The lowest BCUT2D eigenvalue weighted by atomic mass is 10.0. The van der Waals surface area contributed by atoms with Gasteiger partial charge >= 0.3 is 0 Å². The van der Waals surface area contributed by atoms with Crippen LogP contribution in [0.25, 0.3) is 0 Å². The standard InChI is InChI=1S/C14H18N2O/c1-3-11(2)8-14(17)16-10-13-6-4-12(9-15)5-7-13/h4-7,11H,3,8,10H2,1-2H3,(H,16,17). The summed E-state index contributed by atoms with van der Waals surface area (Å²) in [4.78, 5) is 11.5. The number of nitrogens with zero attached hydrogens (tertiary/aromatic N) is 1. The third kappa shape index (κ3) is 4.69. The van der Waals surface area contributed by atoms with Gasteiger partial charge in [-0.05, 0) is 23.6 Å². The fourth-order valence-corrected chi connectivity index (χ4v) is 1.43. The zero-order valence-corrected chi connectivity index (χ0v) is 10.4. The highest BCUT2D eigenvalue weighted by Crippen LogP contribution is 2.07. The van der Waals surface area contributed by atoms with Crippen LogP contribution in [0.2, 0.25) is 0 Å². The van der Waals surface area contributed by atoms with E-state index in [2.05, 4.69) is 25.2 Å². The van der Waals surface area contributed by atoms with Gasteiger partial charge in [0.25, 0.3) is 0 Å². The van der Waals surface area contributed by atoms with Crippen LogP contribution in [0.15, 0.2) is 24.3 Å². The molecular weight excluding hydrogens is 212 g/mol. The van der Waals surface area contributed by atoms with Crippen molar-refractivity contribution in [2.24, 2.45) is 5.92 Å². The molecule has 1 amide bonds. The van der Waals surface area contributed by atoms with Crippen molar-refractivity contribution in [2.45, 2.75) is 33.2 Å². The Morgan fingerprint density at radius 3 is 2.59 bits per heavy atom. The maximum Gasteiger partial charge on any atom is 0.220 e. The van der Waals surface area contributed by atoms with Crippen molar-refractivity contribution in [1.29, 1.82) is 5.26 Å². The number of rotatable bonds is 5. The molecule has 0 aliphatic heterocycles. The number of amides is 1. The highest BCUT2D eigenvalue weighted by Gasteiger charge is 2.06. The molecule has 1 aromatic carbocycles. The summed E-state index contributed by atoms with van der Waals surface area (Å²) < 4.78 is 0. The van der Waals surface area contributed by atoms with Crippen molar-refractivity contribution in [3.05, 3.63) is 35.4 Å². The van der Waals surface area contributed by atoms with Gasteiger partial charge < -0.3 is 5.32 Å². The number of hydrogen-bond donors (Lipinski definition) is 1. The molecule has 3 heteroatoms. The van der Waals surface area contributed by atoms with E-state index in [9.17, 15) is 4.79 Å². The Morgan fingerprint density at radius 1 is 1.41 bits per heavy atom. The Balaban J connectivity index is 2.40. The zero-order chi connectivity index (χ0) is 12.7. The predicted octanol–water partition coefficient (Wildman–Crippen LogP) is 2.61. The summed E-state index contributed by atoms with van der Waals surface area (Å²) >= 11 is 0. The van der Waals surface area contributed by atoms with Gasteiger partial charge in [0, 0.05) is 13.0 Å². The van der Waals surface area contributed by atoms with E-state index in [4.69, 9.17) is 5.26 Å². The molecule has 17 heavy (non-hydrogen) atoms. The van der Waals surface area contributed by atoms with Crippen molar-refractivity contribution in [3.63, 3.8) is 0 Å². The van der Waals surface area contributed by atoms with Gasteiger partial charge in [-0.2, -0.15) is 5.26 Å². The highest BCUT2D eigenvalue weighted by molar-refractivity contribution is 5.76. The van der Waals surface area contributed by atoms with E-state index >= 15 is 0 Å². The fraction of sp³-hybridized carbons (Fsp3) is 0.429. The van der Waals surface area contributed by atoms with Gasteiger partial charge in [-0.3, -0.25) is 4.79 Å². The summed E-state index contributed by atoms with van der Waals surface area (Å²) in [5, 5.41) is 11.5. The van der Waals surface area contributed by atoms with Crippen LogP contribution in [0, 0.1) is 17.2 Å². The quantitative estimate of drug-likeness (QED) is 0.845. The molecule has 0 saturated heterocycles. The lowest BCUT2D eigenvalue weighted by molar-refractivity contribution is -0.122. The van der Waals surface area contributed by atoms with Crippen LogP contribution in [0.5, 0.6) is 0 Å². The predicted molar refractivity (Wildman–Crippen MR) is 67.1 cm³/mol. The average Bonchev–Trinajstić information content (AvgIpc) is 2.36. The van der Waals surface area contributed by atoms with E-state index < -0.39 is 0 Å². The Labute approximate surface area is 102 Å². The molecule has 0 aliphatic carbocycles. The van der Waals surface area contributed by atoms with Crippen LogP contribution in [-0.2, 0) is 11.3 Å². The summed E-state index contributed by atoms with van der Waals surface area (Å²) in [6, 6.07) is 9.31. The molecule has 3 nitrogen and oxygen atoms in total. The van der Waals surface area contributed by atoms with E-state index in [0.29, 0.717) is 24.4 Å². The van der Waals surface area contributed by atoms with Gasteiger partial charge in [0.05, 0.1) is 11.6 Å². The minimum atomic E-state index is 0.0868. The van der Waals surface area contributed by atoms with Crippen LogP contribution in [0.3, 0.4) is 0 Å². The second-order valence-corrected chi connectivity index (χ2v) is 4.30. The largest absolute Gasteiger partial charge is 0.352 e. The van der Waals surface area contributed by atoms with Crippen LogP contribution < -0.4 is 5.32 Å². The summed E-state index contributed by atoms with van der Waals surface area (Å²) in [7, 11) is 0. The molecule has 0 spiro atoms. The van der Waals surface area contributed by atoms with Crippen LogP contribution >= 0.6 is 0 Å². The molecule has 1 unspecified atom stereocenters. The van der Waals surface area contributed by atoms with Gasteiger partial charge in [-0.1, -0.05) is 32.4 Å². The van der Waals surface area contributed by atoms with Gasteiger partial charge in [0.2, 0.25) is 5.91 Å². The third-order valence-electron chi connectivity index (χ3n) is 2.80. The minimum Gasteiger partial charge on any atom is -0.352 e. The Hall–Kier alpha value is -1.82. The summed E-state index contributed by atoms with van der Waals surface area (Å²) in [5.74, 6) is 0.514. The van der Waals surface area contributed by atoms with Crippen molar-refractivity contribution in [3.8, 4) is 6.07 Å². The van der Waals surface area contributed by atoms with Crippen LogP contribution in [0.4, 0.5) is 0 Å². The number of carbonyl (C=O) groups excluding carboxylic acids is 1. The molecule has 0 heterocycles. The normalized spacial score (nSPS) is 11.6. The highest BCUT2D eigenvalue weighted by atomic mass is 16.1. The number of nitrogens with one attached hydrogen (secondary N) is 1. The molecule has 1 aromatic rings. The van der Waals surface area contributed by atoms with Gasteiger partial charge in [0.1, 0.15) is 0 Å². The average molecular weight is 230 g/mol. The first kappa shape index (κ1) is 13.2. The number of benzene rings is 1. The number of nitriles is 1. The smallest absolute Gasteiger partial charge is 0.220 e. The molecule has 0 fully saturated rings. The second kappa shape index (κ2) is 6.70. The van der Waals surface area contributed by atoms with E-state index in [-0.39, 0.29) is 5.91 Å². The third-order valence-corrected chi connectivity index (χ3v) is 2.80. The maximum atomic E-state index is 11.5. The Kier molecular flexibility index (Phi) is 5.22. The van der Waals surface area contributed by atoms with E-state index in [0.717, 1.165) is 12.0 Å². The van der Waals surface area contributed by atoms with Crippen molar-refractivity contribution < 1.29 is 4.79 Å². The van der Waals surface area contributed by atoms with Gasteiger partial charge in [0.15, 0.2) is 0 Å². The number of hydrogen-bond acceptors (Lipinski definition) is 2. The summed E-state index contributed by atoms with van der Waals surface area (Å²) in [6.45, 7) is 4.68. The molecule has 1 N–H and O–H groups in total. The molecule has 1 rings (SSSR count). The summed E-state index contributed by atoms with van der Waals surface area (Å²) in [6.07, 6.45) is 1.59. The molecule has 0 radical (unpaired) electrons. The first-order valence-corrected chi connectivity index (χ1v) is 5.91. The second-order valence-electron chi connectivity index (χ2n) is 4.30. The number of carbonyl (C=O) groups is 1. The molecule has 0 bridgehead atoms. The van der Waals surface area contributed by atoms with E-state index in [1.54, 1.807) is 12.1 Å². The molecule has 0 saturated carbocycles. The lowest BCUT2D eigenvalue weighted by Gasteiger charge is -2.09. The van der Waals surface area contributed by atoms with E-state index in [1.807, 2.05) is 12.1 Å². The molecule has 0 aromatic heterocycles. The van der Waals surface area contributed by atoms with Crippen LogP contribution in [0.1, 0.15) is 37.8 Å². The Morgan fingerprint density at radius 2 is 2.06 bits per heavy atom. The SMILES string of the molecule is CCC(C)CC(=O)NCc1ccc(C#N)cc1. The first-order valence-electron chi connectivity index (χ1n) is 5.91. The van der Waals surface area contributed by atoms with Crippen molar-refractivity contribution >= 4 is 5.91 Å². The zero-order valence-electron chi connectivity index (χ0n) is 10.4. The minimum absolute atomic E-state index is 0.0868. The fourth-order valence-electron chi connectivity index (χ4n) is 1.43. The Bertz CT molecular complexity index is 403. The topological polar surface area (TPSA) is 52.9 Å². The van der Waals surface area contributed by atoms with Crippen LogP contribution in [-0.4, -0.2) is 5.91 Å². The van der Waals surface area contributed by atoms with E-state index in [1.165, 1.54) is 0 Å². The maximum absolute atomic E-state index is 11.5. The van der Waals surface area contributed by atoms with Crippen molar-refractivity contribution in [1.82, 2.24) is 5.32 Å². The van der Waals surface area contributed by atoms with Gasteiger partial charge in [-0.25, -0.2) is 0 Å². The lowest BCUT2D eigenvalue weighted by Crippen LogP contribution is -2.24. The van der Waals surface area contributed by atoms with Gasteiger partial charge in [-0.15, -0.1) is 0 Å². The first-order chi connectivity index (χ1) is 8.15. The monoisotopic (exact) mass is 230 g/mol. The summed E-state index contributed by atoms with van der Waals surface area (Å²) in [5.41, 5.74) is 1.65. The molecule has 1 atom stereocenters.